The zero-order chi connectivity index (χ0) is 13.7. The van der Waals surface area contributed by atoms with E-state index in [0.29, 0.717) is 0 Å². The molecule has 0 spiro atoms. The summed E-state index contributed by atoms with van der Waals surface area (Å²) in [4.78, 5) is 13.4. The lowest BCUT2D eigenvalue weighted by Gasteiger charge is -2.33. The molecule has 1 aromatic heterocycles. The largest absolute Gasteiger partial charge is 0.468 e. The molecule has 6 heteroatoms. The average molecular weight is 267 g/mol. The molecule has 1 saturated heterocycles. The van der Waals surface area contributed by atoms with Crippen LogP contribution in [-0.2, 0) is 11.3 Å². The topological polar surface area (TPSA) is 91.7 Å². The minimum absolute atomic E-state index is 0.234. The number of hydrogen-bond donors (Lipinski definition) is 3. The Morgan fingerprint density at radius 2 is 2.32 bits per heavy atom. The molecule has 0 bridgehead atoms. The van der Waals surface area contributed by atoms with Gasteiger partial charge >= 0.3 is 0 Å². The third-order valence-corrected chi connectivity index (χ3v) is 3.51. The molecule has 0 saturated carbocycles. The maximum Gasteiger partial charge on any atom is 0.236 e. The fraction of sp³-hybridized carbons (Fsp3) is 0.615. The van der Waals surface area contributed by atoms with Crippen molar-refractivity contribution in [2.45, 2.75) is 31.5 Å². The molecule has 2 heterocycles. The molecule has 0 unspecified atom stereocenters. The van der Waals surface area contributed by atoms with Crippen LogP contribution < -0.4 is 11.1 Å². The van der Waals surface area contributed by atoms with E-state index in [1.807, 2.05) is 12.1 Å². The van der Waals surface area contributed by atoms with Crippen LogP contribution in [0.1, 0.15) is 18.6 Å². The van der Waals surface area contributed by atoms with Crippen LogP contribution in [0, 0.1) is 0 Å². The maximum atomic E-state index is 11.1. The summed E-state index contributed by atoms with van der Waals surface area (Å²) in [5.74, 6) is 0.470. The van der Waals surface area contributed by atoms with Crippen LogP contribution in [0.4, 0.5) is 0 Å². The molecule has 1 atom stereocenters. The molecule has 4 N–H and O–H groups in total. The normalized spacial score (nSPS) is 19.4. The number of likely N-dealkylation sites (tertiary alicyclic amines) is 1. The number of aliphatic hydroxyl groups excluding tert-OH is 1. The molecule has 0 radical (unpaired) electrons. The van der Waals surface area contributed by atoms with E-state index in [1.165, 1.54) is 0 Å². The lowest BCUT2D eigenvalue weighted by Crippen LogP contribution is -2.51. The van der Waals surface area contributed by atoms with Crippen LogP contribution >= 0.6 is 0 Å². The first-order valence-corrected chi connectivity index (χ1v) is 6.60. The zero-order valence-corrected chi connectivity index (χ0v) is 10.9. The molecule has 1 aliphatic heterocycles. The molecular formula is C13H21N3O3. The minimum Gasteiger partial charge on any atom is -0.468 e. The zero-order valence-electron chi connectivity index (χ0n) is 10.9. The highest BCUT2D eigenvalue weighted by molar-refractivity contribution is 5.79. The maximum absolute atomic E-state index is 11.1. The third-order valence-electron chi connectivity index (χ3n) is 3.51. The van der Waals surface area contributed by atoms with E-state index < -0.39 is 11.9 Å². The molecule has 1 aliphatic rings. The summed E-state index contributed by atoms with van der Waals surface area (Å²) in [5, 5.41) is 12.2. The predicted molar refractivity (Wildman–Crippen MR) is 70.2 cm³/mol. The van der Waals surface area contributed by atoms with Gasteiger partial charge in [-0.1, -0.05) is 0 Å². The summed E-state index contributed by atoms with van der Waals surface area (Å²) in [6.45, 7) is 2.45. The minimum atomic E-state index is -0.637. The molecule has 106 valence electrons. The Hall–Kier alpha value is -1.37. The fourth-order valence-electron chi connectivity index (χ4n) is 2.39. The van der Waals surface area contributed by atoms with Gasteiger partial charge in [0.25, 0.3) is 0 Å². The van der Waals surface area contributed by atoms with Crippen molar-refractivity contribution < 1.29 is 14.3 Å². The Labute approximate surface area is 112 Å². The summed E-state index contributed by atoms with van der Waals surface area (Å²) in [6, 6.07) is 3.46. The Morgan fingerprint density at radius 1 is 1.58 bits per heavy atom. The van der Waals surface area contributed by atoms with E-state index in [-0.39, 0.29) is 12.6 Å². The molecular weight excluding hydrogens is 246 g/mol. The van der Waals surface area contributed by atoms with Crippen molar-refractivity contribution in [2.75, 3.05) is 19.7 Å². The SMILES string of the molecule is NC(=O)[C@H](CO)NC1CCN(Cc2ccco2)CC1. The molecule has 0 aromatic carbocycles. The number of carbonyl (C=O) groups excluding carboxylic acids is 1. The van der Waals surface area contributed by atoms with Gasteiger partial charge in [-0.2, -0.15) is 0 Å². The number of amides is 1. The number of rotatable bonds is 6. The van der Waals surface area contributed by atoms with E-state index in [2.05, 4.69) is 10.2 Å². The van der Waals surface area contributed by atoms with Gasteiger partial charge in [-0.25, -0.2) is 0 Å². The number of nitrogens with two attached hydrogens (primary N) is 1. The van der Waals surface area contributed by atoms with Gasteiger partial charge < -0.3 is 20.6 Å². The van der Waals surface area contributed by atoms with Gasteiger partial charge in [0, 0.05) is 19.1 Å². The van der Waals surface area contributed by atoms with Gasteiger partial charge in [0.15, 0.2) is 0 Å². The first kappa shape index (κ1) is 14.0. The van der Waals surface area contributed by atoms with Crippen LogP contribution in [0.25, 0.3) is 0 Å². The molecule has 2 rings (SSSR count). The van der Waals surface area contributed by atoms with Crippen molar-refractivity contribution in [3.8, 4) is 0 Å². The van der Waals surface area contributed by atoms with E-state index >= 15 is 0 Å². The van der Waals surface area contributed by atoms with Crippen LogP contribution in [0.3, 0.4) is 0 Å². The van der Waals surface area contributed by atoms with Crippen molar-refractivity contribution in [1.29, 1.82) is 0 Å². The summed E-state index contributed by atoms with van der Waals surface area (Å²) in [6.07, 6.45) is 3.55. The van der Waals surface area contributed by atoms with E-state index in [1.54, 1.807) is 6.26 Å². The highest BCUT2D eigenvalue weighted by Gasteiger charge is 2.23. The Balaban J connectivity index is 1.74. The molecule has 1 amide bonds. The third kappa shape index (κ3) is 4.05. The van der Waals surface area contributed by atoms with Gasteiger partial charge in [-0.05, 0) is 25.0 Å². The predicted octanol–water partition coefficient (Wildman–Crippen LogP) is -0.320. The van der Waals surface area contributed by atoms with Crippen molar-refractivity contribution in [3.63, 3.8) is 0 Å². The summed E-state index contributed by atoms with van der Waals surface area (Å²) >= 11 is 0. The summed E-state index contributed by atoms with van der Waals surface area (Å²) < 4.78 is 5.32. The van der Waals surface area contributed by atoms with Crippen molar-refractivity contribution in [2.24, 2.45) is 5.73 Å². The fourth-order valence-corrected chi connectivity index (χ4v) is 2.39. The van der Waals surface area contributed by atoms with E-state index in [4.69, 9.17) is 15.3 Å². The monoisotopic (exact) mass is 267 g/mol. The number of nitrogens with one attached hydrogen (secondary N) is 1. The molecule has 6 nitrogen and oxygen atoms in total. The van der Waals surface area contributed by atoms with E-state index in [0.717, 1.165) is 38.2 Å². The number of carbonyl (C=O) groups is 1. The lowest BCUT2D eigenvalue weighted by atomic mass is 10.0. The van der Waals surface area contributed by atoms with Crippen LogP contribution in [0.2, 0.25) is 0 Å². The number of hydrogen-bond acceptors (Lipinski definition) is 5. The standard InChI is InChI=1S/C13H21N3O3/c14-13(18)12(9-17)15-10-3-5-16(6-4-10)8-11-2-1-7-19-11/h1-2,7,10,12,15,17H,3-6,8-9H2,(H2,14,18)/t12-/m0/s1. The van der Waals surface area contributed by atoms with Crippen LogP contribution in [0.5, 0.6) is 0 Å². The molecule has 1 aromatic rings. The molecule has 19 heavy (non-hydrogen) atoms. The number of piperidine rings is 1. The van der Waals surface area contributed by atoms with Crippen molar-refractivity contribution in [3.05, 3.63) is 24.2 Å². The molecule has 1 fully saturated rings. The number of nitrogens with zero attached hydrogens (tertiary/aromatic N) is 1. The van der Waals surface area contributed by atoms with Crippen LogP contribution in [-0.4, -0.2) is 47.7 Å². The second-order valence-electron chi connectivity index (χ2n) is 4.93. The quantitative estimate of drug-likeness (QED) is 0.657. The average Bonchev–Trinajstić information content (AvgIpc) is 2.90. The van der Waals surface area contributed by atoms with Crippen molar-refractivity contribution >= 4 is 5.91 Å². The first-order chi connectivity index (χ1) is 9.19. The second kappa shape index (κ2) is 6.70. The number of primary amides is 1. The lowest BCUT2D eigenvalue weighted by molar-refractivity contribution is -0.121. The highest BCUT2D eigenvalue weighted by atomic mass is 16.3. The van der Waals surface area contributed by atoms with Crippen LogP contribution in [0.15, 0.2) is 22.8 Å². The Bertz CT molecular complexity index is 386. The van der Waals surface area contributed by atoms with Gasteiger partial charge in [0.2, 0.25) is 5.91 Å². The van der Waals surface area contributed by atoms with E-state index in [9.17, 15) is 4.79 Å². The second-order valence-corrected chi connectivity index (χ2v) is 4.93. The number of aliphatic hydroxyl groups is 1. The van der Waals surface area contributed by atoms with Gasteiger partial charge in [-0.15, -0.1) is 0 Å². The Kier molecular flexibility index (Phi) is 4.95. The van der Waals surface area contributed by atoms with Gasteiger partial charge in [0.1, 0.15) is 11.8 Å². The van der Waals surface area contributed by atoms with Gasteiger partial charge in [-0.3, -0.25) is 9.69 Å². The Morgan fingerprint density at radius 3 is 2.84 bits per heavy atom. The summed E-state index contributed by atoms with van der Waals surface area (Å²) in [7, 11) is 0. The van der Waals surface area contributed by atoms with Crippen molar-refractivity contribution in [1.82, 2.24) is 10.2 Å². The van der Waals surface area contributed by atoms with Gasteiger partial charge in [0.05, 0.1) is 19.4 Å². The number of furan rings is 1. The summed E-state index contributed by atoms with van der Waals surface area (Å²) in [5.41, 5.74) is 5.20. The smallest absolute Gasteiger partial charge is 0.236 e. The first-order valence-electron chi connectivity index (χ1n) is 6.60. The molecule has 0 aliphatic carbocycles. The highest BCUT2D eigenvalue weighted by Crippen LogP contribution is 2.14.